The Morgan fingerprint density at radius 1 is 1.31 bits per heavy atom. The molecule has 0 radical (unpaired) electrons. The number of amides is 1. The van der Waals surface area contributed by atoms with E-state index in [1.165, 1.54) is 24.3 Å². The smallest absolute Gasteiger partial charge is 0.406 e. The quantitative estimate of drug-likeness (QED) is 0.412. The van der Waals surface area contributed by atoms with Gasteiger partial charge < -0.3 is 14.9 Å². The average molecular weight is 526 g/mol. The van der Waals surface area contributed by atoms with Crippen molar-refractivity contribution < 1.29 is 27.5 Å². The van der Waals surface area contributed by atoms with E-state index in [4.69, 9.17) is 11.6 Å². The maximum absolute atomic E-state index is 14.6. The van der Waals surface area contributed by atoms with Crippen molar-refractivity contribution in [3.63, 3.8) is 0 Å². The maximum atomic E-state index is 14.6. The van der Waals surface area contributed by atoms with Gasteiger partial charge in [0.15, 0.2) is 0 Å². The van der Waals surface area contributed by atoms with Gasteiger partial charge in [0.25, 0.3) is 0 Å². The van der Waals surface area contributed by atoms with Gasteiger partial charge in [-0.3, -0.25) is 9.36 Å². The van der Waals surface area contributed by atoms with Gasteiger partial charge in [0.05, 0.1) is 21.7 Å². The van der Waals surface area contributed by atoms with Crippen LogP contribution in [0.2, 0.25) is 5.02 Å². The fourth-order valence-electron chi connectivity index (χ4n) is 4.22. The lowest BCUT2D eigenvalue weighted by Gasteiger charge is -2.40. The molecular formula is C23H20ClF4N5O3. The molecule has 13 heteroatoms. The number of carbonyl (C=O) groups excluding carboxylic acids is 1. The molecule has 3 aromatic rings. The number of carbonyl (C=O) groups is 1. The molecule has 0 unspecified atom stereocenters. The summed E-state index contributed by atoms with van der Waals surface area (Å²) in [5, 5.41) is 10.0. The predicted molar refractivity (Wildman–Crippen MR) is 126 cm³/mol. The van der Waals surface area contributed by atoms with E-state index < -0.39 is 41.2 Å². The molecular weight excluding hydrogens is 506 g/mol. The second-order valence-electron chi connectivity index (χ2n) is 8.27. The summed E-state index contributed by atoms with van der Waals surface area (Å²) in [5.74, 6) is -1.68. The Morgan fingerprint density at radius 2 is 2.03 bits per heavy atom. The van der Waals surface area contributed by atoms with Gasteiger partial charge in [-0.05, 0) is 31.2 Å². The minimum absolute atomic E-state index is 0.0266. The fraction of sp³-hybridized carbons (Fsp3) is 0.304. The molecule has 1 aliphatic rings. The molecule has 2 aromatic heterocycles. The molecule has 1 amide bonds. The number of fused-ring (bicyclic) bond motifs is 1. The fourth-order valence-corrected chi connectivity index (χ4v) is 4.46. The Bertz CT molecular complexity index is 1410. The van der Waals surface area contributed by atoms with E-state index in [1.54, 1.807) is 16.7 Å². The molecule has 1 fully saturated rings. The number of hydrogen-bond donors (Lipinski definition) is 1. The number of piperazine rings is 1. The van der Waals surface area contributed by atoms with Crippen molar-refractivity contribution in [2.24, 2.45) is 0 Å². The molecule has 1 aromatic carbocycles. The number of hydrogen-bond acceptors (Lipinski definition) is 6. The van der Waals surface area contributed by atoms with Crippen molar-refractivity contribution in [3.8, 4) is 17.0 Å². The summed E-state index contributed by atoms with van der Waals surface area (Å²) in [6.45, 7) is 4.27. The van der Waals surface area contributed by atoms with Crippen LogP contribution in [0.15, 0.2) is 41.7 Å². The third-order valence-corrected chi connectivity index (χ3v) is 6.12. The van der Waals surface area contributed by atoms with Crippen LogP contribution in [0, 0.1) is 5.82 Å². The molecule has 1 saturated heterocycles. The van der Waals surface area contributed by atoms with E-state index in [1.807, 2.05) is 0 Å². The first kappa shape index (κ1) is 25.4. The van der Waals surface area contributed by atoms with E-state index in [2.05, 4.69) is 16.5 Å². The highest BCUT2D eigenvalue weighted by Gasteiger charge is 2.33. The van der Waals surface area contributed by atoms with Crippen LogP contribution in [0.5, 0.6) is 5.75 Å². The third-order valence-electron chi connectivity index (χ3n) is 5.84. The molecule has 0 spiro atoms. The minimum Gasteiger partial charge on any atom is -0.507 e. The van der Waals surface area contributed by atoms with Crippen LogP contribution in [-0.4, -0.2) is 62.3 Å². The number of nitrogens with zero attached hydrogens (tertiary/aromatic N) is 5. The molecule has 1 N–H and O–H groups in total. The van der Waals surface area contributed by atoms with Gasteiger partial charge in [0.1, 0.15) is 29.6 Å². The first-order valence-electron chi connectivity index (χ1n) is 10.7. The Labute approximate surface area is 207 Å². The molecule has 0 bridgehead atoms. The van der Waals surface area contributed by atoms with Crippen molar-refractivity contribution in [2.75, 3.05) is 24.5 Å². The number of pyridine rings is 1. The lowest BCUT2D eigenvalue weighted by atomic mass is 10.1. The van der Waals surface area contributed by atoms with Gasteiger partial charge in [0, 0.05) is 25.7 Å². The summed E-state index contributed by atoms with van der Waals surface area (Å²) in [7, 11) is 0. The average Bonchev–Trinajstić information content (AvgIpc) is 2.80. The zero-order valence-corrected chi connectivity index (χ0v) is 19.6. The summed E-state index contributed by atoms with van der Waals surface area (Å²) in [6.07, 6.45) is -3.61. The number of rotatable bonds is 4. The van der Waals surface area contributed by atoms with Crippen molar-refractivity contribution >= 4 is 34.4 Å². The Morgan fingerprint density at radius 3 is 2.64 bits per heavy atom. The van der Waals surface area contributed by atoms with Crippen LogP contribution in [0.25, 0.3) is 22.3 Å². The zero-order valence-electron chi connectivity index (χ0n) is 18.9. The number of benzene rings is 1. The van der Waals surface area contributed by atoms with Gasteiger partial charge in [-0.15, -0.1) is 0 Å². The number of aromatic nitrogens is 3. The number of phenolic OH excluding ortho intramolecular Hbond substituents is 1. The first-order valence-corrected chi connectivity index (χ1v) is 11.1. The molecule has 1 aliphatic heterocycles. The standard InChI is InChI=1S/C23H20ClF4N5O3/c1-3-17(35)31-7-8-32(12(2)10-31)21-13-9-14(24)19(18-15(25)5-4-6-16(18)34)29-20(13)33(22(36)30-21)11-23(26,27)28/h3-6,9,12,34H,1,7-8,10-11H2,2H3/t12-/m0/s1. The van der Waals surface area contributed by atoms with Crippen molar-refractivity contribution in [1.29, 1.82) is 0 Å². The van der Waals surface area contributed by atoms with Crippen molar-refractivity contribution in [3.05, 3.63) is 58.2 Å². The second kappa shape index (κ2) is 9.41. The van der Waals surface area contributed by atoms with Crippen LogP contribution < -0.4 is 10.6 Å². The predicted octanol–water partition coefficient (Wildman–Crippen LogP) is 3.74. The highest BCUT2D eigenvalue weighted by Crippen LogP contribution is 2.38. The summed E-state index contributed by atoms with van der Waals surface area (Å²) in [5.41, 5.74) is -2.40. The molecule has 1 atom stereocenters. The summed E-state index contributed by atoms with van der Waals surface area (Å²) in [4.78, 5) is 36.1. The van der Waals surface area contributed by atoms with Crippen molar-refractivity contribution in [1.82, 2.24) is 19.4 Å². The van der Waals surface area contributed by atoms with Crippen molar-refractivity contribution in [2.45, 2.75) is 25.7 Å². The summed E-state index contributed by atoms with van der Waals surface area (Å²) >= 11 is 6.38. The zero-order chi connectivity index (χ0) is 26.4. The van der Waals surface area contributed by atoms with E-state index in [9.17, 15) is 32.3 Å². The topological polar surface area (TPSA) is 91.6 Å². The van der Waals surface area contributed by atoms with Gasteiger partial charge >= 0.3 is 11.9 Å². The number of halogens is 5. The first-order chi connectivity index (χ1) is 16.9. The summed E-state index contributed by atoms with van der Waals surface area (Å²) < 4.78 is 54.9. The van der Waals surface area contributed by atoms with E-state index in [0.717, 1.165) is 6.07 Å². The molecule has 0 aliphatic carbocycles. The molecule has 36 heavy (non-hydrogen) atoms. The van der Waals surface area contributed by atoms with Crippen LogP contribution in [0.3, 0.4) is 0 Å². The lowest BCUT2D eigenvalue weighted by molar-refractivity contribution is -0.140. The Hall–Kier alpha value is -3.67. The van der Waals surface area contributed by atoms with Crippen LogP contribution >= 0.6 is 11.6 Å². The number of phenols is 1. The van der Waals surface area contributed by atoms with E-state index >= 15 is 0 Å². The van der Waals surface area contributed by atoms with Gasteiger partial charge in [-0.1, -0.05) is 24.2 Å². The van der Waals surface area contributed by atoms with Gasteiger partial charge in [0.2, 0.25) is 5.91 Å². The molecule has 0 saturated carbocycles. The molecule has 190 valence electrons. The summed E-state index contributed by atoms with van der Waals surface area (Å²) in [6, 6.07) is 4.32. The largest absolute Gasteiger partial charge is 0.507 e. The van der Waals surface area contributed by atoms with Gasteiger partial charge in [-0.2, -0.15) is 18.2 Å². The molecule has 3 heterocycles. The van der Waals surface area contributed by atoms with Gasteiger partial charge in [-0.25, -0.2) is 14.2 Å². The minimum atomic E-state index is -4.79. The number of alkyl halides is 3. The Kier molecular flexibility index (Phi) is 6.65. The second-order valence-corrected chi connectivity index (χ2v) is 8.68. The lowest BCUT2D eigenvalue weighted by Crippen LogP contribution is -2.54. The maximum Gasteiger partial charge on any atom is 0.406 e. The van der Waals surface area contributed by atoms with Crippen LogP contribution in [0.4, 0.5) is 23.4 Å². The number of anilines is 1. The van der Waals surface area contributed by atoms with E-state index in [0.29, 0.717) is 4.57 Å². The van der Waals surface area contributed by atoms with Crippen LogP contribution in [-0.2, 0) is 11.3 Å². The third kappa shape index (κ3) is 4.72. The SMILES string of the molecule is C=CC(=O)N1CCN(c2nc(=O)n(CC(F)(F)F)c3nc(-c4c(O)cccc4F)c(Cl)cc23)[C@@H](C)C1. The van der Waals surface area contributed by atoms with Crippen LogP contribution in [0.1, 0.15) is 6.92 Å². The molecule has 4 rings (SSSR count). The molecule has 8 nitrogen and oxygen atoms in total. The monoisotopic (exact) mass is 525 g/mol. The highest BCUT2D eigenvalue weighted by atomic mass is 35.5. The van der Waals surface area contributed by atoms with E-state index in [-0.39, 0.29) is 53.5 Å². The number of aromatic hydroxyl groups is 1. The normalized spacial score (nSPS) is 16.4. The Balaban J connectivity index is 1.95. The highest BCUT2D eigenvalue weighted by molar-refractivity contribution is 6.34.